The van der Waals surface area contributed by atoms with Crippen molar-refractivity contribution in [3.05, 3.63) is 93.7 Å². The highest BCUT2D eigenvalue weighted by Gasteiger charge is 2.16. The Morgan fingerprint density at radius 3 is 1.72 bits per heavy atom. The summed E-state index contributed by atoms with van der Waals surface area (Å²) in [6, 6.07) is 19.1. The van der Waals surface area contributed by atoms with Crippen LogP contribution in [-0.4, -0.2) is 9.97 Å². The second-order valence-corrected chi connectivity index (χ2v) is 8.73. The molecule has 32 heavy (non-hydrogen) atoms. The van der Waals surface area contributed by atoms with Crippen LogP contribution in [0.5, 0.6) is 0 Å². The molecule has 3 nitrogen and oxygen atoms in total. The lowest BCUT2D eigenvalue weighted by Gasteiger charge is -2.15. The van der Waals surface area contributed by atoms with E-state index in [4.69, 9.17) is 9.97 Å². The molecule has 0 aliphatic rings. The standard InChI is InChI=1S/C29H27N3/c1-17-9-18(2)12-24(11-17)28-29(25-13-19(3)10-20(4)14-25)32-27(16-31-28)26-8-7-23(15-30)21(5)22(26)6/h7-14,16H,1-6H3. The number of hydrogen-bond acceptors (Lipinski definition) is 3. The largest absolute Gasteiger partial charge is 0.252 e. The van der Waals surface area contributed by atoms with Crippen molar-refractivity contribution in [2.45, 2.75) is 41.5 Å². The summed E-state index contributed by atoms with van der Waals surface area (Å²) in [7, 11) is 0. The zero-order chi connectivity index (χ0) is 23.0. The average molecular weight is 418 g/mol. The molecule has 4 rings (SSSR count). The molecule has 0 spiro atoms. The molecule has 0 aliphatic heterocycles. The van der Waals surface area contributed by atoms with E-state index in [1.54, 1.807) is 0 Å². The van der Waals surface area contributed by atoms with E-state index in [1.807, 2.05) is 32.2 Å². The summed E-state index contributed by atoms with van der Waals surface area (Å²) in [5.41, 5.74) is 13.3. The zero-order valence-corrected chi connectivity index (χ0v) is 19.5. The van der Waals surface area contributed by atoms with Crippen LogP contribution < -0.4 is 0 Å². The van der Waals surface area contributed by atoms with Gasteiger partial charge in [-0.2, -0.15) is 5.26 Å². The maximum atomic E-state index is 9.38. The summed E-state index contributed by atoms with van der Waals surface area (Å²) >= 11 is 0. The van der Waals surface area contributed by atoms with Crippen LogP contribution in [0.25, 0.3) is 33.8 Å². The molecule has 0 aliphatic carbocycles. The van der Waals surface area contributed by atoms with Gasteiger partial charge in [-0.05, 0) is 83.0 Å². The first kappa shape index (κ1) is 21.5. The van der Waals surface area contributed by atoms with Gasteiger partial charge < -0.3 is 0 Å². The van der Waals surface area contributed by atoms with Crippen LogP contribution in [0.15, 0.2) is 54.7 Å². The average Bonchev–Trinajstić information content (AvgIpc) is 2.74. The molecule has 0 saturated heterocycles. The van der Waals surface area contributed by atoms with Crippen LogP contribution in [0.3, 0.4) is 0 Å². The van der Waals surface area contributed by atoms with Gasteiger partial charge in [0, 0.05) is 16.7 Å². The lowest BCUT2D eigenvalue weighted by Crippen LogP contribution is -1.99. The first-order chi connectivity index (χ1) is 15.3. The Labute approximate surface area is 190 Å². The molecular formula is C29H27N3. The molecule has 0 bridgehead atoms. The molecule has 0 fully saturated rings. The molecule has 0 radical (unpaired) electrons. The fourth-order valence-corrected chi connectivity index (χ4v) is 4.37. The van der Waals surface area contributed by atoms with Gasteiger partial charge >= 0.3 is 0 Å². The lowest BCUT2D eigenvalue weighted by molar-refractivity contribution is 1.19. The summed E-state index contributed by atoms with van der Waals surface area (Å²) in [5, 5.41) is 9.38. The van der Waals surface area contributed by atoms with E-state index in [-0.39, 0.29) is 0 Å². The van der Waals surface area contributed by atoms with Crippen molar-refractivity contribution in [3.8, 4) is 39.8 Å². The Morgan fingerprint density at radius 2 is 1.19 bits per heavy atom. The van der Waals surface area contributed by atoms with E-state index in [9.17, 15) is 5.26 Å². The first-order valence-corrected chi connectivity index (χ1v) is 10.8. The molecule has 0 saturated carbocycles. The molecule has 1 aromatic heterocycles. The predicted molar refractivity (Wildman–Crippen MR) is 131 cm³/mol. The van der Waals surface area contributed by atoms with Gasteiger partial charge in [0.15, 0.2) is 0 Å². The van der Waals surface area contributed by atoms with Crippen molar-refractivity contribution in [2.75, 3.05) is 0 Å². The van der Waals surface area contributed by atoms with E-state index in [0.29, 0.717) is 5.56 Å². The van der Waals surface area contributed by atoms with E-state index in [2.05, 4.69) is 70.2 Å². The van der Waals surface area contributed by atoms with E-state index >= 15 is 0 Å². The van der Waals surface area contributed by atoms with Crippen molar-refractivity contribution in [1.82, 2.24) is 9.97 Å². The number of aromatic nitrogens is 2. The maximum absolute atomic E-state index is 9.38. The fourth-order valence-electron chi connectivity index (χ4n) is 4.37. The Bertz CT molecular complexity index is 1350. The van der Waals surface area contributed by atoms with E-state index in [0.717, 1.165) is 44.9 Å². The summed E-state index contributed by atoms with van der Waals surface area (Å²) < 4.78 is 0. The van der Waals surface area contributed by atoms with Crippen LogP contribution in [0.2, 0.25) is 0 Å². The number of benzene rings is 3. The molecule has 0 amide bonds. The highest BCUT2D eigenvalue weighted by Crippen LogP contribution is 2.34. The Morgan fingerprint density at radius 1 is 0.656 bits per heavy atom. The number of hydrogen-bond donors (Lipinski definition) is 0. The third-order valence-corrected chi connectivity index (χ3v) is 5.95. The fraction of sp³-hybridized carbons (Fsp3) is 0.207. The number of nitriles is 1. The molecule has 0 unspecified atom stereocenters. The first-order valence-electron chi connectivity index (χ1n) is 10.8. The van der Waals surface area contributed by atoms with Crippen molar-refractivity contribution in [2.24, 2.45) is 0 Å². The van der Waals surface area contributed by atoms with Gasteiger partial charge in [-0.25, -0.2) is 4.98 Å². The topological polar surface area (TPSA) is 49.6 Å². The summed E-state index contributed by atoms with van der Waals surface area (Å²) in [4.78, 5) is 10.1. The minimum Gasteiger partial charge on any atom is -0.252 e. The maximum Gasteiger partial charge on any atom is 0.0994 e. The van der Waals surface area contributed by atoms with Gasteiger partial charge in [0.2, 0.25) is 0 Å². The lowest BCUT2D eigenvalue weighted by atomic mass is 9.95. The van der Waals surface area contributed by atoms with Crippen LogP contribution in [0.4, 0.5) is 0 Å². The Kier molecular flexibility index (Phi) is 5.63. The zero-order valence-electron chi connectivity index (χ0n) is 19.5. The van der Waals surface area contributed by atoms with E-state index < -0.39 is 0 Å². The molecule has 3 aromatic carbocycles. The molecular weight excluding hydrogens is 390 g/mol. The minimum atomic E-state index is 0.695. The highest BCUT2D eigenvalue weighted by atomic mass is 14.8. The molecule has 1 heterocycles. The second-order valence-electron chi connectivity index (χ2n) is 8.73. The van der Waals surface area contributed by atoms with Crippen molar-refractivity contribution >= 4 is 0 Å². The highest BCUT2D eigenvalue weighted by molar-refractivity contribution is 5.81. The smallest absolute Gasteiger partial charge is 0.0994 e. The Hall–Kier alpha value is -3.77. The monoisotopic (exact) mass is 417 g/mol. The SMILES string of the molecule is Cc1cc(C)cc(-c2ncc(-c3ccc(C#N)c(C)c3C)nc2-c2cc(C)cc(C)c2)c1. The van der Waals surface area contributed by atoms with Gasteiger partial charge in [0.05, 0.1) is 34.9 Å². The van der Waals surface area contributed by atoms with Crippen LogP contribution in [-0.2, 0) is 0 Å². The van der Waals surface area contributed by atoms with Crippen LogP contribution >= 0.6 is 0 Å². The minimum absolute atomic E-state index is 0.695. The van der Waals surface area contributed by atoms with Gasteiger partial charge in [0.1, 0.15) is 0 Å². The van der Waals surface area contributed by atoms with Crippen LogP contribution in [0, 0.1) is 52.9 Å². The number of nitrogens with zero attached hydrogens (tertiary/aromatic N) is 3. The van der Waals surface area contributed by atoms with Gasteiger partial charge in [-0.1, -0.05) is 40.5 Å². The third-order valence-electron chi connectivity index (χ3n) is 5.95. The molecule has 0 atom stereocenters. The second kappa shape index (κ2) is 8.40. The summed E-state index contributed by atoms with van der Waals surface area (Å²) in [5.74, 6) is 0. The van der Waals surface area contributed by atoms with Gasteiger partial charge in [0.25, 0.3) is 0 Å². The normalized spacial score (nSPS) is 10.8. The quantitative estimate of drug-likeness (QED) is 0.354. The van der Waals surface area contributed by atoms with Gasteiger partial charge in [-0.15, -0.1) is 0 Å². The van der Waals surface area contributed by atoms with Crippen LogP contribution in [0.1, 0.15) is 38.9 Å². The van der Waals surface area contributed by atoms with Crippen molar-refractivity contribution in [3.63, 3.8) is 0 Å². The molecule has 4 aromatic rings. The molecule has 3 heteroatoms. The summed E-state index contributed by atoms with van der Waals surface area (Å²) in [6.45, 7) is 12.5. The van der Waals surface area contributed by atoms with Crippen molar-refractivity contribution in [1.29, 1.82) is 5.26 Å². The van der Waals surface area contributed by atoms with Gasteiger partial charge in [-0.3, -0.25) is 4.98 Å². The number of rotatable bonds is 3. The summed E-state index contributed by atoms with van der Waals surface area (Å²) in [6.07, 6.45) is 1.85. The third kappa shape index (κ3) is 4.05. The molecule has 158 valence electrons. The molecule has 0 N–H and O–H groups in total. The van der Waals surface area contributed by atoms with E-state index in [1.165, 1.54) is 22.3 Å². The number of aryl methyl sites for hydroxylation is 4. The van der Waals surface area contributed by atoms with Crippen molar-refractivity contribution < 1.29 is 0 Å². The predicted octanol–water partition coefficient (Wildman–Crippen LogP) is 7.20. The Balaban J connectivity index is 1.99.